The lowest BCUT2D eigenvalue weighted by Crippen LogP contribution is -2.08. The minimum atomic E-state index is 0.138. The fourth-order valence-corrected chi connectivity index (χ4v) is 4.89. The Morgan fingerprint density at radius 1 is 1.33 bits per heavy atom. The van der Waals surface area contributed by atoms with Crippen LogP contribution in [0.1, 0.15) is 67.4 Å². The van der Waals surface area contributed by atoms with Crippen LogP contribution in [0.5, 0.6) is 0 Å². The molecule has 0 spiro atoms. The van der Waals surface area contributed by atoms with Crippen LogP contribution in [0, 0.1) is 0 Å². The number of aliphatic hydroxyl groups is 1. The van der Waals surface area contributed by atoms with Crippen molar-refractivity contribution in [2.75, 3.05) is 0 Å². The first-order chi connectivity index (χ1) is 8.70. The summed E-state index contributed by atoms with van der Waals surface area (Å²) in [4.78, 5) is 5.76. The zero-order chi connectivity index (χ0) is 13.0. The van der Waals surface area contributed by atoms with E-state index < -0.39 is 0 Å². The van der Waals surface area contributed by atoms with E-state index in [1.165, 1.54) is 37.1 Å². The lowest BCUT2D eigenvalue weighted by Gasteiger charge is -2.20. The van der Waals surface area contributed by atoms with Crippen molar-refractivity contribution in [2.24, 2.45) is 0 Å². The summed E-state index contributed by atoms with van der Waals surface area (Å²) >= 11 is 3.76. The molecule has 0 unspecified atom stereocenters. The number of aromatic nitrogens is 1. The molecular weight excluding hydrogens is 262 g/mol. The van der Waals surface area contributed by atoms with E-state index in [1.807, 2.05) is 0 Å². The highest BCUT2D eigenvalue weighted by Crippen LogP contribution is 2.33. The number of aliphatic hydroxyl groups excluding tert-OH is 1. The van der Waals surface area contributed by atoms with E-state index in [9.17, 15) is 5.11 Å². The van der Waals surface area contributed by atoms with Crippen molar-refractivity contribution in [3.8, 4) is 0 Å². The molecule has 1 aromatic rings. The summed E-state index contributed by atoms with van der Waals surface area (Å²) in [5, 5.41) is 11.4. The molecule has 1 aliphatic carbocycles. The molecule has 0 radical (unpaired) electrons. The van der Waals surface area contributed by atoms with Crippen LogP contribution in [0.4, 0.5) is 0 Å². The maximum Gasteiger partial charge on any atom is 0.103 e. The number of hydrogen-bond acceptors (Lipinski definition) is 4. The summed E-state index contributed by atoms with van der Waals surface area (Å²) in [5.74, 6) is 1.44. The van der Waals surface area contributed by atoms with Gasteiger partial charge in [0, 0.05) is 11.0 Å². The van der Waals surface area contributed by atoms with Gasteiger partial charge < -0.3 is 5.11 Å². The number of rotatable bonds is 5. The van der Waals surface area contributed by atoms with E-state index in [0.29, 0.717) is 5.92 Å². The monoisotopic (exact) mass is 285 g/mol. The lowest BCUT2D eigenvalue weighted by molar-refractivity contribution is 0.283. The molecule has 1 aliphatic rings. The maximum absolute atomic E-state index is 9.36. The smallest absolute Gasteiger partial charge is 0.103 e. The molecular formula is C14H23NOS2. The number of hydrogen-bond donors (Lipinski definition) is 1. The number of thioether (sulfide) groups is 1. The molecule has 1 N–H and O–H groups in total. The molecule has 1 aromatic heterocycles. The van der Waals surface area contributed by atoms with Crippen LogP contribution in [0.3, 0.4) is 0 Å². The Hall–Kier alpha value is -0.0600. The molecule has 1 fully saturated rings. The van der Waals surface area contributed by atoms with Crippen LogP contribution in [-0.2, 0) is 12.4 Å². The van der Waals surface area contributed by atoms with E-state index >= 15 is 0 Å². The average Bonchev–Trinajstić information content (AvgIpc) is 2.81. The van der Waals surface area contributed by atoms with Gasteiger partial charge >= 0.3 is 0 Å². The first-order valence-electron chi connectivity index (χ1n) is 6.91. The predicted molar refractivity (Wildman–Crippen MR) is 80.3 cm³/mol. The Morgan fingerprint density at radius 2 is 2.06 bits per heavy atom. The van der Waals surface area contributed by atoms with E-state index in [4.69, 9.17) is 4.98 Å². The molecule has 1 saturated carbocycles. The molecule has 4 heteroatoms. The van der Waals surface area contributed by atoms with Crippen LogP contribution < -0.4 is 0 Å². The number of thiazole rings is 1. The van der Waals surface area contributed by atoms with Crippen LogP contribution in [0.15, 0.2) is 0 Å². The van der Waals surface area contributed by atoms with Gasteiger partial charge in [0.25, 0.3) is 0 Å². The molecule has 0 aliphatic heterocycles. The van der Waals surface area contributed by atoms with Gasteiger partial charge in [-0.3, -0.25) is 0 Å². The summed E-state index contributed by atoms with van der Waals surface area (Å²) in [7, 11) is 0. The largest absolute Gasteiger partial charge is 0.391 e. The van der Waals surface area contributed by atoms with E-state index in [2.05, 4.69) is 25.6 Å². The fraction of sp³-hybridized carbons (Fsp3) is 0.786. The first-order valence-corrected chi connectivity index (χ1v) is 8.78. The minimum Gasteiger partial charge on any atom is -0.391 e. The maximum atomic E-state index is 9.36. The SMILES string of the molecule is CC(C)c1nc(CSC2CCCCC2)sc1CO. The van der Waals surface area contributed by atoms with E-state index in [0.717, 1.165) is 21.6 Å². The molecule has 102 valence electrons. The van der Waals surface area contributed by atoms with Crippen LogP contribution >= 0.6 is 23.1 Å². The van der Waals surface area contributed by atoms with Crippen molar-refractivity contribution >= 4 is 23.1 Å². The summed E-state index contributed by atoms with van der Waals surface area (Å²) in [6.07, 6.45) is 6.96. The van der Waals surface area contributed by atoms with Gasteiger partial charge in [0.1, 0.15) is 5.01 Å². The van der Waals surface area contributed by atoms with Crippen LogP contribution in [0.25, 0.3) is 0 Å². The average molecular weight is 285 g/mol. The van der Waals surface area contributed by atoms with Gasteiger partial charge in [-0.15, -0.1) is 11.3 Å². The van der Waals surface area contributed by atoms with Gasteiger partial charge in [0.15, 0.2) is 0 Å². The molecule has 18 heavy (non-hydrogen) atoms. The molecule has 0 aromatic carbocycles. The van der Waals surface area contributed by atoms with Crippen molar-refractivity contribution in [3.05, 3.63) is 15.6 Å². The molecule has 0 atom stereocenters. The topological polar surface area (TPSA) is 33.1 Å². The highest BCUT2D eigenvalue weighted by molar-refractivity contribution is 7.99. The summed E-state index contributed by atoms with van der Waals surface area (Å²) in [6, 6.07) is 0. The Bertz CT molecular complexity index is 370. The third kappa shape index (κ3) is 3.72. The lowest BCUT2D eigenvalue weighted by atomic mass is 10.0. The molecule has 0 bridgehead atoms. The fourth-order valence-electron chi connectivity index (χ4n) is 2.46. The normalized spacial score (nSPS) is 17.6. The first kappa shape index (κ1) is 14.4. The van der Waals surface area contributed by atoms with Crippen LogP contribution in [-0.4, -0.2) is 15.3 Å². The Balaban J connectivity index is 1.92. The third-order valence-electron chi connectivity index (χ3n) is 3.46. The molecule has 2 rings (SSSR count). The highest BCUT2D eigenvalue weighted by atomic mass is 32.2. The van der Waals surface area contributed by atoms with E-state index in [1.54, 1.807) is 11.3 Å². The van der Waals surface area contributed by atoms with Gasteiger partial charge in [-0.05, 0) is 18.8 Å². The summed E-state index contributed by atoms with van der Waals surface area (Å²) in [6.45, 7) is 4.43. The molecule has 0 amide bonds. The summed E-state index contributed by atoms with van der Waals surface area (Å²) in [5.41, 5.74) is 1.10. The zero-order valence-corrected chi connectivity index (χ0v) is 12.9. The van der Waals surface area contributed by atoms with Crippen molar-refractivity contribution in [3.63, 3.8) is 0 Å². The van der Waals surface area contributed by atoms with Crippen LogP contribution in [0.2, 0.25) is 0 Å². The van der Waals surface area contributed by atoms with Crippen molar-refractivity contribution in [1.82, 2.24) is 4.98 Å². The second-order valence-corrected chi connectivity index (χ2v) is 7.76. The van der Waals surface area contributed by atoms with Gasteiger partial charge in [0.2, 0.25) is 0 Å². The standard InChI is InChI=1S/C14H23NOS2/c1-10(2)14-12(8-16)18-13(15-14)9-17-11-6-4-3-5-7-11/h10-11,16H,3-9H2,1-2H3. The molecule has 2 nitrogen and oxygen atoms in total. The molecule has 0 saturated heterocycles. The summed E-state index contributed by atoms with van der Waals surface area (Å²) < 4.78 is 0. The van der Waals surface area contributed by atoms with Gasteiger partial charge in [0.05, 0.1) is 17.2 Å². The van der Waals surface area contributed by atoms with Crippen molar-refractivity contribution in [2.45, 2.75) is 69.5 Å². The van der Waals surface area contributed by atoms with Gasteiger partial charge in [-0.1, -0.05) is 33.1 Å². The third-order valence-corrected chi connectivity index (χ3v) is 6.08. The zero-order valence-electron chi connectivity index (χ0n) is 11.3. The Kier molecular flexibility index (Phi) is 5.52. The second-order valence-electron chi connectivity index (χ2n) is 5.30. The quantitative estimate of drug-likeness (QED) is 0.874. The van der Waals surface area contributed by atoms with Gasteiger partial charge in [-0.25, -0.2) is 4.98 Å². The second kappa shape index (κ2) is 6.92. The van der Waals surface area contributed by atoms with Gasteiger partial charge in [-0.2, -0.15) is 11.8 Å². The van der Waals surface area contributed by atoms with Crippen molar-refractivity contribution < 1.29 is 5.11 Å². The molecule has 1 heterocycles. The van der Waals surface area contributed by atoms with E-state index in [-0.39, 0.29) is 6.61 Å². The highest BCUT2D eigenvalue weighted by Gasteiger charge is 2.17. The Morgan fingerprint density at radius 3 is 2.61 bits per heavy atom. The Labute approximate surface area is 118 Å². The predicted octanol–water partition coefficient (Wildman–Crippen LogP) is 4.32. The number of nitrogens with zero attached hydrogens (tertiary/aromatic N) is 1. The minimum absolute atomic E-state index is 0.138. The van der Waals surface area contributed by atoms with Crippen molar-refractivity contribution in [1.29, 1.82) is 0 Å².